The third-order valence-corrected chi connectivity index (χ3v) is 5.10. The minimum atomic E-state index is 0.0682. The minimum Gasteiger partial charge on any atom is -0.342 e. The van der Waals surface area contributed by atoms with Gasteiger partial charge in [0.25, 0.3) is 5.91 Å². The van der Waals surface area contributed by atoms with Crippen LogP contribution in [0.25, 0.3) is 0 Å². The van der Waals surface area contributed by atoms with Crippen molar-refractivity contribution in [2.24, 2.45) is 5.92 Å². The summed E-state index contributed by atoms with van der Waals surface area (Å²) in [5.74, 6) is 0.850. The van der Waals surface area contributed by atoms with E-state index in [1.165, 1.54) is 31.5 Å². The van der Waals surface area contributed by atoms with Gasteiger partial charge in [-0.1, -0.05) is 19.1 Å². The number of likely N-dealkylation sites (tertiary alicyclic amines) is 1. The molecule has 2 saturated heterocycles. The Balaban J connectivity index is 1.56. The van der Waals surface area contributed by atoms with Crippen LogP contribution in [0.15, 0.2) is 24.3 Å². The molecular weight excluding hydrogens is 302 g/mol. The van der Waals surface area contributed by atoms with Gasteiger partial charge in [-0.3, -0.25) is 14.5 Å². The SMILES string of the molecule is C[C@@H]1CCCN(Cc2ccc(C(=O)N3CCN(C=O)CC3)cc2)C1. The van der Waals surface area contributed by atoms with Crippen LogP contribution in [0.1, 0.15) is 35.7 Å². The van der Waals surface area contributed by atoms with E-state index in [9.17, 15) is 9.59 Å². The van der Waals surface area contributed by atoms with E-state index in [2.05, 4.69) is 24.0 Å². The first kappa shape index (κ1) is 17.0. The molecule has 130 valence electrons. The molecule has 1 aromatic carbocycles. The molecule has 0 spiro atoms. The first-order valence-corrected chi connectivity index (χ1v) is 8.95. The zero-order chi connectivity index (χ0) is 16.9. The number of nitrogens with zero attached hydrogens (tertiary/aromatic N) is 3. The van der Waals surface area contributed by atoms with Crippen LogP contribution >= 0.6 is 0 Å². The number of amides is 2. The lowest BCUT2D eigenvalue weighted by Gasteiger charge is -2.32. The van der Waals surface area contributed by atoms with E-state index >= 15 is 0 Å². The molecule has 2 heterocycles. The second-order valence-corrected chi connectivity index (χ2v) is 7.11. The molecule has 0 saturated carbocycles. The van der Waals surface area contributed by atoms with E-state index in [0.717, 1.165) is 24.4 Å². The van der Waals surface area contributed by atoms with Crippen LogP contribution in [0, 0.1) is 5.92 Å². The summed E-state index contributed by atoms with van der Waals surface area (Å²) in [7, 11) is 0. The molecule has 0 bridgehead atoms. The van der Waals surface area contributed by atoms with Crippen LogP contribution in [0.5, 0.6) is 0 Å². The number of carbonyl (C=O) groups is 2. The van der Waals surface area contributed by atoms with Crippen molar-refractivity contribution in [3.63, 3.8) is 0 Å². The van der Waals surface area contributed by atoms with Crippen molar-refractivity contribution in [2.45, 2.75) is 26.3 Å². The Morgan fingerprint density at radius 1 is 1.12 bits per heavy atom. The smallest absolute Gasteiger partial charge is 0.253 e. The number of hydrogen-bond donors (Lipinski definition) is 0. The lowest BCUT2D eigenvalue weighted by Crippen LogP contribution is -2.48. The Morgan fingerprint density at radius 2 is 1.83 bits per heavy atom. The number of benzene rings is 1. The van der Waals surface area contributed by atoms with Crippen LogP contribution in [0.2, 0.25) is 0 Å². The molecule has 0 aliphatic carbocycles. The molecular formula is C19H27N3O2. The molecule has 3 rings (SSSR count). The normalized spacial score (nSPS) is 22.5. The second-order valence-electron chi connectivity index (χ2n) is 7.11. The van der Waals surface area contributed by atoms with E-state index in [4.69, 9.17) is 0 Å². The number of piperidine rings is 1. The first-order valence-electron chi connectivity index (χ1n) is 8.95. The Kier molecular flexibility index (Phi) is 5.51. The molecule has 2 aliphatic heterocycles. The van der Waals surface area contributed by atoms with Gasteiger partial charge in [0.1, 0.15) is 0 Å². The zero-order valence-electron chi connectivity index (χ0n) is 14.5. The molecule has 0 N–H and O–H groups in total. The molecule has 2 amide bonds. The number of piperazine rings is 1. The van der Waals surface area contributed by atoms with Crippen molar-refractivity contribution >= 4 is 12.3 Å². The maximum absolute atomic E-state index is 12.5. The summed E-state index contributed by atoms with van der Waals surface area (Å²) in [6, 6.07) is 8.04. The summed E-state index contributed by atoms with van der Waals surface area (Å²) in [4.78, 5) is 29.3. The molecule has 24 heavy (non-hydrogen) atoms. The second kappa shape index (κ2) is 7.79. The van der Waals surface area contributed by atoms with Gasteiger partial charge in [-0.25, -0.2) is 0 Å². The Labute approximate surface area is 144 Å². The summed E-state index contributed by atoms with van der Waals surface area (Å²) in [5.41, 5.74) is 2.01. The molecule has 0 aromatic heterocycles. The fraction of sp³-hybridized carbons (Fsp3) is 0.579. The summed E-state index contributed by atoms with van der Waals surface area (Å²) in [5, 5.41) is 0. The fourth-order valence-electron chi connectivity index (χ4n) is 3.65. The molecule has 0 unspecified atom stereocenters. The van der Waals surface area contributed by atoms with Gasteiger partial charge in [0, 0.05) is 44.8 Å². The number of rotatable bonds is 4. The van der Waals surface area contributed by atoms with E-state index in [-0.39, 0.29) is 5.91 Å². The van der Waals surface area contributed by atoms with Gasteiger partial charge in [0.2, 0.25) is 6.41 Å². The maximum Gasteiger partial charge on any atom is 0.253 e. The van der Waals surface area contributed by atoms with Gasteiger partial charge in [-0.05, 0) is 43.0 Å². The minimum absolute atomic E-state index is 0.0682. The predicted molar refractivity (Wildman–Crippen MR) is 93.7 cm³/mol. The molecule has 0 radical (unpaired) electrons. The van der Waals surface area contributed by atoms with Crippen molar-refractivity contribution in [3.8, 4) is 0 Å². The average molecular weight is 329 g/mol. The van der Waals surface area contributed by atoms with Crippen molar-refractivity contribution in [2.75, 3.05) is 39.3 Å². The first-order chi connectivity index (χ1) is 11.7. The highest BCUT2D eigenvalue weighted by molar-refractivity contribution is 5.94. The third kappa shape index (κ3) is 4.15. The van der Waals surface area contributed by atoms with Crippen molar-refractivity contribution in [1.29, 1.82) is 0 Å². The topological polar surface area (TPSA) is 43.9 Å². The van der Waals surface area contributed by atoms with Crippen molar-refractivity contribution in [1.82, 2.24) is 14.7 Å². The largest absolute Gasteiger partial charge is 0.342 e. The number of carbonyl (C=O) groups excluding carboxylic acids is 2. The van der Waals surface area contributed by atoms with Gasteiger partial charge in [-0.2, -0.15) is 0 Å². The van der Waals surface area contributed by atoms with Crippen LogP contribution in [0.3, 0.4) is 0 Å². The van der Waals surface area contributed by atoms with Gasteiger partial charge in [0.15, 0.2) is 0 Å². The highest BCUT2D eigenvalue weighted by Gasteiger charge is 2.21. The van der Waals surface area contributed by atoms with Crippen LogP contribution in [-0.4, -0.2) is 66.3 Å². The lowest BCUT2D eigenvalue weighted by atomic mass is 9.99. The molecule has 5 nitrogen and oxygen atoms in total. The Bertz CT molecular complexity index is 564. The van der Waals surface area contributed by atoms with Crippen LogP contribution in [-0.2, 0) is 11.3 Å². The highest BCUT2D eigenvalue weighted by Crippen LogP contribution is 2.18. The molecule has 1 aromatic rings. The fourth-order valence-corrected chi connectivity index (χ4v) is 3.65. The van der Waals surface area contributed by atoms with Crippen LogP contribution < -0.4 is 0 Å². The molecule has 2 aliphatic rings. The summed E-state index contributed by atoms with van der Waals surface area (Å²) in [6.45, 7) is 8.11. The summed E-state index contributed by atoms with van der Waals surface area (Å²) >= 11 is 0. The molecule has 1 atom stereocenters. The van der Waals surface area contributed by atoms with E-state index in [1.807, 2.05) is 17.0 Å². The molecule has 2 fully saturated rings. The summed E-state index contributed by atoms with van der Waals surface area (Å²) in [6.07, 6.45) is 3.48. The third-order valence-electron chi connectivity index (χ3n) is 5.10. The maximum atomic E-state index is 12.5. The molecule has 5 heteroatoms. The lowest BCUT2D eigenvalue weighted by molar-refractivity contribution is -0.119. The standard InChI is InChI=1S/C19H27N3O2/c1-16-3-2-8-21(13-16)14-17-4-6-18(7-5-17)19(24)22-11-9-20(15-23)10-12-22/h4-7,15-16H,2-3,8-14H2,1H3/t16-/m1/s1. The number of hydrogen-bond acceptors (Lipinski definition) is 3. The van der Waals surface area contributed by atoms with E-state index in [1.54, 1.807) is 4.90 Å². The van der Waals surface area contributed by atoms with Gasteiger partial charge < -0.3 is 9.80 Å². The highest BCUT2D eigenvalue weighted by atomic mass is 16.2. The Hall–Kier alpha value is -1.88. The predicted octanol–water partition coefficient (Wildman–Crippen LogP) is 1.83. The van der Waals surface area contributed by atoms with E-state index < -0.39 is 0 Å². The van der Waals surface area contributed by atoms with Crippen molar-refractivity contribution in [3.05, 3.63) is 35.4 Å². The summed E-state index contributed by atoms with van der Waals surface area (Å²) < 4.78 is 0. The average Bonchev–Trinajstić information content (AvgIpc) is 2.62. The quantitative estimate of drug-likeness (QED) is 0.792. The van der Waals surface area contributed by atoms with Gasteiger partial charge >= 0.3 is 0 Å². The Morgan fingerprint density at radius 3 is 2.46 bits per heavy atom. The van der Waals surface area contributed by atoms with E-state index in [0.29, 0.717) is 26.2 Å². The van der Waals surface area contributed by atoms with Gasteiger partial charge in [-0.15, -0.1) is 0 Å². The van der Waals surface area contributed by atoms with Crippen LogP contribution in [0.4, 0.5) is 0 Å². The monoisotopic (exact) mass is 329 g/mol. The van der Waals surface area contributed by atoms with Gasteiger partial charge in [0.05, 0.1) is 0 Å². The zero-order valence-corrected chi connectivity index (χ0v) is 14.5. The van der Waals surface area contributed by atoms with Crippen molar-refractivity contribution < 1.29 is 9.59 Å².